The number of carboxylic acids is 1. The fourth-order valence-corrected chi connectivity index (χ4v) is 2.35. The summed E-state index contributed by atoms with van der Waals surface area (Å²) in [6.45, 7) is -0.957. The van der Waals surface area contributed by atoms with Crippen molar-refractivity contribution in [3.8, 4) is 0 Å². The van der Waals surface area contributed by atoms with E-state index in [2.05, 4.69) is 0 Å². The van der Waals surface area contributed by atoms with Gasteiger partial charge in [0.1, 0.15) is 0 Å². The van der Waals surface area contributed by atoms with Crippen LogP contribution in [0.3, 0.4) is 0 Å². The Bertz CT molecular complexity index is 530. The molecule has 0 radical (unpaired) electrons. The average Bonchev–Trinajstić information content (AvgIpc) is 2.26. The lowest BCUT2D eigenvalue weighted by Crippen LogP contribution is -2.29. The maximum atomic E-state index is 11.9. The van der Waals surface area contributed by atoms with E-state index >= 15 is 0 Å². The van der Waals surface area contributed by atoms with Crippen molar-refractivity contribution in [2.45, 2.75) is 12.2 Å². The van der Waals surface area contributed by atoms with Crippen LogP contribution in [0.25, 0.3) is 0 Å². The molecule has 5 nitrogen and oxygen atoms in total. The van der Waals surface area contributed by atoms with Gasteiger partial charge in [0.15, 0.2) is 0 Å². The summed E-state index contributed by atoms with van der Waals surface area (Å²) < 4.78 is 48.3. The fourth-order valence-electron chi connectivity index (χ4n) is 1.25. The zero-order valence-corrected chi connectivity index (χ0v) is 9.95. The molecular weight excluding hydrogens is 268 g/mol. The van der Waals surface area contributed by atoms with Crippen molar-refractivity contribution in [2.75, 3.05) is 6.54 Å². The van der Waals surface area contributed by atoms with Crippen molar-refractivity contribution in [1.29, 1.82) is 0 Å². The van der Waals surface area contributed by atoms with Crippen LogP contribution in [0.2, 0.25) is 0 Å². The van der Waals surface area contributed by atoms with E-state index in [-0.39, 0.29) is 11.1 Å². The second-order valence-corrected chi connectivity index (χ2v) is 5.31. The van der Waals surface area contributed by atoms with Crippen molar-refractivity contribution in [3.63, 3.8) is 0 Å². The molecule has 0 saturated carbocycles. The summed E-state index contributed by atoms with van der Waals surface area (Å²) in [5.41, 5.74) is 0.160. The largest absolute Gasteiger partial charge is 0.478 e. The topological polar surface area (TPSA) is 83.5 Å². The third-order valence-electron chi connectivity index (χ3n) is 1.99. The summed E-state index contributed by atoms with van der Waals surface area (Å²) in [4.78, 5) is 10.7. The van der Waals surface area contributed by atoms with E-state index in [1.165, 1.54) is 24.3 Å². The van der Waals surface area contributed by atoms with Gasteiger partial charge in [-0.25, -0.2) is 26.7 Å². The van der Waals surface area contributed by atoms with E-state index in [0.717, 1.165) is 0 Å². The van der Waals surface area contributed by atoms with Gasteiger partial charge in [0, 0.05) is 0 Å². The Morgan fingerprint density at radius 1 is 1.39 bits per heavy atom. The van der Waals surface area contributed by atoms with E-state index < -0.39 is 34.7 Å². The monoisotopic (exact) mass is 279 g/mol. The Hall–Kier alpha value is -1.54. The number of aromatic carboxylic acids is 1. The molecule has 2 N–H and O–H groups in total. The predicted molar refractivity (Wildman–Crippen MR) is 60.0 cm³/mol. The highest BCUT2D eigenvalue weighted by atomic mass is 32.2. The van der Waals surface area contributed by atoms with Crippen LogP contribution in [-0.2, 0) is 15.8 Å². The summed E-state index contributed by atoms with van der Waals surface area (Å²) in [5.74, 6) is -1.73. The van der Waals surface area contributed by atoms with Crippen LogP contribution in [0.4, 0.5) is 8.78 Å². The van der Waals surface area contributed by atoms with Crippen molar-refractivity contribution >= 4 is 16.0 Å². The van der Waals surface area contributed by atoms with Gasteiger partial charge >= 0.3 is 5.97 Å². The maximum absolute atomic E-state index is 11.9. The molecule has 0 unspecified atom stereocenters. The minimum Gasteiger partial charge on any atom is -0.478 e. The smallest absolute Gasteiger partial charge is 0.335 e. The zero-order valence-electron chi connectivity index (χ0n) is 9.14. The summed E-state index contributed by atoms with van der Waals surface area (Å²) in [7, 11) is -3.90. The number of benzene rings is 1. The third kappa shape index (κ3) is 4.76. The Labute approximate surface area is 102 Å². The van der Waals surface area contributed by atoms with Crippen LogP contribution in [0.5, 0.6) is 0 Å². The molecule has 0 saturated heterocycles. The van der Waals surface area contributed by atoms with Gasteiger partial charge in [0.25, 0.3) is 6.43 Å². The van der Waals surface area contributed by atoms with E-state index in [9.17, 15) is 22.0 Å². The van der Waals surface area contributed by atoms with Crippen LogP contribution in [-0.4, -0.2) is 32.5 Å². The molecule has 0 spiro atoms. The van der Waals surface area contributed by atoms with Gasteiger partial charge in [-0.05, 0) is 17.7 Å². The van der Waals surface area contributed by atoms with Crippen LogP contribution in [0, 0.1) is 0 Å². The average molecular weight is 279 g/mol. The van der Waals surface area contributed by atoms with Gasteiger partial charge in [-0.15, -0.1) is 0 Å². The number of nitrogens with one attached hydrogen (secondary N) is 1. The Morgan fingerprint density at radius 3 is 2.61 bits per heavy atom. The highest BCUT2D eigenvalue weighted by Crippen LogP contribution is 2.09. The Kier molecular flexibility index (Phi) is 4.74. The first-order chi connectivity index (χ1) is 8.30. The van der Waals surface area contributed by atoms with Crippen LogP contribution >= 0.6 is 0 Å². The zero-order chi connectivity index (χ0) is 13.8. The predicted octanol–water partition coefficient (Wildman–Crippen LogP) is 1.07. The first kappa shape index (κ1) is 14.5. The number of halogens is 2. The summed E-state index contributed by atoms with van der Waals surface area (Å²) in [5, 5.41) is 8.72. The standard InChI is InChI=1S/C10H11F2NO4S/c11-9(12)5-13-18(16,17)6-7-2-1-3-8(4-7)10(14)15/h1-4,9,13H,5-6H2,(H,14,15). The van der Waals surface area contributed by atoms with Crippen LogP contribution < -0.4 is 4.72 Å². The highest BCUT2D eigenvalue weighted by Gasteiger charge is 2.15. The van der Waals surface area contributed by atoms with Crippen molar-refractivity contribution in [1.82, 2.24) is 4.72 Å². The van der Waals surface area contributed by atoms with E-state index in [1.807, 2.05) is 0 Å². The number of hydrogen-bond donors (Lipinski definition) is 2. The number of rotatable bonds is 6. The molecule has 18 heavy (non-hydrogen) atoms. The van der Waals surface area contributed by atoms with E-state index in [1.54, 1.807) is 4.72 Å². The highest BCUT2D eigenvalue weighted by molar-refractivity contribution is 7.88. The van der Waals surface area contributed by atoms with Gasteiger partial charge in [-0.2, -0.15) is 0 Å². The Morgan fingerprint density at radius 2 is 2.06 bits per heavy atom. The number of hydrogen-bond acceptors (Lipinski definition) is 3. The molecule has 1 aromatic rings. The molecule has 0 fully saturated rings. The first-order valence-electron chi connectivity index (χ1n) is 4.88. The third-order valence-corrected chi connectivity index (χ3v) is 3.31. The molecule has 100 valence electrons. The minimum absolute atomic E-state index is 0.0587. The normalized spacial score (nSPS) is 11.7. The molecule has 1 aromatic carbocycles. The first-order valence-corrected chi connectivity index (χ1v) is 6.53. The van der Waals surface area contributed by atoms with Crippen molar-refractivity contribution in [3.05, 3.63) is 35.4 Å². The molecule has 0 bridgehead atoms. The second kappa shape index (κ2) is 5.87. The fraction of sp³-hybridized carbons (Fsp3) is 0.300. The second-order valence-electron chi connectivity index (χ2n) is 3.50. The lowest BCUT2D eigenvalue weighted by Gasteiger charge is -2.06. The molecule has 0 aliphatic carbocycles. The van der Waals surface area contributed by atoms with Crippen molar-refractivity contribution in [2.24, 2.45) is 0 Å². The number of sulfonamides is 1. The molecule has 0 atom stereocenters. The molecule has 0 aliphatic rings. The summed E-state index contributed by atoms with van der Waals surface area (Å²) in [6, 6.07) is 5.30. The van der Waals surface area contributed by atoms with Gasteiger partial charge in [-0.1, -0.05) is 12.1 Å². The summed E-state index contributed by atoms with van der Waals surface area (Å²) in [6.07, 6.45) is -2.77. The molecular formula is C10H11F2NO4S. The Balaban J connectivity index is 2.78. The summed E-state index contributed by atoms with van der Waals surface area (Å²) >= 11 is 0. The lowest BCUT2D eigenvalue weighted by atomic mass is 10.1. The SMILES string of the molecule is O=C(O)c1cccc(CS(=O)(=O)NCC(F)F)c1. The number of alkyl halides is 2. The van der Waals surface area contributed by atoms with Gasteiger partial charge in [0.05, 0.1) is 17.9 Å². The molecule has 0 heterocycles. The minimum atomic E-state index is -3.90. The van der Waals surface area contributed by atoms with Crippen LogP contribution in [0.15, 0.2) is 24.3 Å². The molecule has 0 aliphatic heterocycles. The van der Waals surface area contributed by atoms with Gasteiger partial charge < -0.3 is 5.11 Å². The van der Waals surface area contributed by atoms with Crippen LogP contribution in [0.1, 0.15) is 15.9 Å². The molecule has 0 aromatic heterocycles. The quantitative estimate of drug-likeness (QED) is 0.816. The van der Waals surface area contributed by atoms with E-state index in [0.29, 0.717) is 0 Å². The van der Waals surface area contributed by atoms with Gasteiger partial charge in [-0.3, -0.25) is 0 Å². The molecule has 0 amide bonds. The number of carboxylic acid groups (broad SMARTS) is 1. The van der Waals surface area contributed by atoms with E-state index in [4.69, 9.17) is 5.11 Å². The molecule has 8 heteroatoms. The van der Waals surface area contributed by atoms with Crippen molar-refractivity contribution < 1.29 is 27.1 Å². The number of carbonyl (C=O) groups is 1. The van der Waals surface area contributed by atoms with Gasteiger partial charge in [0.2, 0.25) is 10.0 Å². The maximum Gasteiger partial charge on any atom is 0.335 e. The molecule has 1 rings (SSSR count). The lowest BCUT2D eigenvalue weighted by molar-refractivity contribution is 0.0696.